The molecule has 0 aliphatic carbocycles. The van der Waals surface area contributed by atoms with Crippen LogP contribution >= 0.6 is 34.3 Å². The van der Waals surface area contributed by atoms with Crippen LogP contribution in [0.15, 0.2) is 51.7 Å². The fraction of sp³-hybridized carbons (Fsp3) is 0.0667. The lowest BCUT2D eigenvalue weighted by Gasteiger charge is -2.01. The summed E-state index contributed by atoms with van der Waals surface area (Å²) >= 11 is 7.90. The summed E-state index contributed by atoms with van der Waals surface area (Å²) in [6, 6.07) is 7.97. The molecule has 1 aromatic carbocycles. The lowest BCUT2D eigenvalue weighted by atomic mass is 10.3. The first-order valence-corrected chi connectivity index (χ1v) is 10.7. The third-order valence-electron chi connectivity index (χ3n) is 3.32. The van der Waals surface area contributed by atoms with Gasteiger partial charge in [0.15, 0.2) is 5.13 Å². The van der Waals surface area contributed by atoms with Crippen molar-refractivity contribution in [2.45, 2.75) is 15.5 Å². The number of nitrogens with zero attached hydrogens (tertiary/aromatic N) is 2. The summed E-state index contributed by atoms with van der Waals surface area (Å²) in [7, 11) is -3.89. The Morgan fingerprint density at radius 2 is 1.89 bits per heavy atom. The Bertz CT molecular complexity index is 1110. The van der Waals surface area contributed by atoms with Crippen molar-refractivity contribution in [2.75, 3.05) is 5.32 Å². The number of non-ortho nitro benzene ring substituents is 1. The van der Waals surface area contributed by atoms with E-state index in [-0.39, 0.29) is 32.3 Å². The number of nitro benzene ring substituents is 1. The highest BCUT2D eigenvalue weighted by Crippen LogP contribution is 2.30. The molecule has 0 saturated carbocycles. The number of nitrogens with one attached hydrogen (secondary N) is 1. The van der Waals surface area contributed by atoms with Crippen LogP contribution < -0.4 is 5.32 Å². The molecule has 2 heterocycles. The Morgan fingerprint density at radius 1 is 1.19 bits per heavy atom. The molecular formula is C15H10ClN3O5S3. The van der Waals surface area contributed by atoms with Crippen molar-refractivity contribution in [1.29, 1.82) is 0 Å². The molecule has 12 heteroatoms. The van der Waals surface area contributed by atoms with Gasteiger partial charge in [-0.1, -0.05) is 22.9 Å². The Morgan fingerprint density at radius 3 is 2.48 bits per heavy atom. The monoisotopic (exact) mass is 443 g/mol. The number of anilines is 1. The summed E-state index contributed by atoms with van der Waals surface area (Å²) in [6.45, 7) is 0. The van der Waals surface area contributed by atoms with Crippen molar-refractivity contribution in [2.24, 2.45) is 0 Å². The predicted molar refractivity (Wildman–Crippen MR) is 102 cm³/mol. The maximum Gasteiger partial charge on any atom is 0.269 e. The fourth-order valence-electron chi connectivity index (χ4n) is 2.07. The lowest BCUT2D eigenvalue weighted by Crippen LogP contribution is -2.13. The smallest absolute Gasteiger partial charge is 0.269 e. The fourth-order valence-corrected chi connectivity index (χ4v) is 5.61. The summed E-state index contributed by atoms with van der Waals surface area (Å²) in [5, 5.41) is 13.4. The number of aromatic nitrogens is 1. The van der Waals surface area contributed by atoms with Crippen molar-refractivity contribution in [1.82, 2.24) is 4.98 Å². The molecule has 0 fully saturated rings. The van der Waals surface area contributed by atoms with Gasteiger partial charge in [-0.2, -0.15) is 0 Å². The molecule has 2 aromatic heterocycles. The van der Waals surface area contributed by atoms with E-state index in [2.05, 4.69) is 10.3 Å². The first-order chi connectivity index (χ1) is 12.8. The molecule has 3 rings (SSSR count). The van der Waals surface area contributed by atoms with Crippen LogP contribution in [0, 0.1) is 10.1 Å². The molecular weight excluding hydrogens is 434 g/mol. The predicted octanol–water partition coefficient (Wildman–Crippen LogP) is 3.78. The molecule has 1 amide bonds. The highest BCUT2D eigenvalue weighted by molar-refractivity contribution is 7.93. The van der Waals surface area contributed by atoms with E-state index in [1.165, 1.54) is 11.3 Å². The van der Waals surface area contributed by atoms with E-state index < -0.39 is 14.8 Å². The lowest BCUT2D eigenvalue weighted by molar-refractivity contribution is -0.384. The molecule has 0 bridgehead atoms. The van der Waals surface area contributed by atoms with Gasteiger partial charge in [-0.05, 0) is 24.3 Å². The minimum absolute atomic E-state index is 0.0779. The van der Waals surface area contributed by atoms with E-state index in [9.17, 15) is 23.3 Å². The van der Waals surface area contributed by atoms with E-state index >= 15 is 0 Å². The summed E-state index contributed by atoms with van der Waals surface area (Å²) in [5.41, 5.74) is -0.208. The standard InChI is InChI=1S/C15H10ClN3O5S3/c16-12-6-3-10(25-12)7-13(20)18-15-17-8-14(26-15)27(23,24)11-4-1-9(2-5-11)19(21)22/h1-6,8H,7H2,(H,17,18,20). The van der Waals surface area contributed by atoms with Gasteiger partial charge in [0.1, 0.15) is 4.21 Å². The number of halogens is 1. The van der Waals surface area contributed by atoms with Crippen LogP contribution in [0.2, 0.25) is 4.34 Å². The number of amides is 1. The molecule has 27 heavy (non-hydrogen) atoms. The van der Waals surface area contributed by atoms with E-state index in [4.69, 9.17) is 11.6 Å². The van der Waals surface area contributed by atoms with Crippen LogP contribution in [0.1, 0.15) is 4.88 Å². The van der Waals surface area contributed by atoms with Gasteiger partial charge in [0.05, 0.1) is 26.8 Å². The quantitative estimate of drug-likeness (QED) is 0.457. The topological polar surface area (TPSA) is 119 Å². The summed E-state index contributed by atoms with van der Waals surface area (Å²) in [6.07, 6.45) is 1.24. The van der Waals surface area contributed by atoms with Crippen molar-refractivity contribution in [3.05, 3.63) is 61.9 Å². The molecule has 0 spiro atoms. The molecule has 0 aliphatic heterocycles. The second kappa shape index (κ2) is 7.72. The number of carbonyl (C=O) groups excluding carboxylic acids is 1. The maximum atomic E-state index is 12.6. The number of hydrogen-bond donors (Lipinski definition) is 1. The number of nitro groups is 1. The van der Waals surface area contributed by atoms with Crippen molar-refractivity contribution < 1.29 is 18.1 Å². The van der Waals surface area contributed by atoms with Gasteiger partial charge >= 0.3 is 0 Å². The second-order valence-corrected chi connectivity index (χ2v) is 10.2. The number of thiazole rings is 1. The second-order valence-electron chi connectivity index (χ2n) is 5.17. The van der Waals surface area contributed by atoms with E-state index in [1.54, 1.807) is 12.1 Å². The minimum Gasteiger partial charge on any atom is -0.302 e. The normalized spacial score (nSPS) is 11.3. The summed E-state index contributed by atoms with van der Waals surface area (Å²) in [5.74, 6) is -0.345. The molecule has 0 atom stereocenters. The Labute approximate surface area is 166 Å². The van der Waals surface area contributed by atoms with E-state index in [1.807, 2.05) is 0 Å². The van der Waals surface area contributed by atoms with Gasteiger partial charge in [0.25, 0.3) is 5.69 Å². The first-order valence-electron chi connectivity index (χ1n) is 7.25. The van der Waals surface area contributed by atoms with Gasteiger partial charge in [0, 0.05) is 17.0 Å². The van der Waals surface area contributed by atoms with Crippen molar-refractivity contribution >= 4 is 60.8 Å². The van der Waals surface area contributed by atoms with Crippen molar-refractivity contribution in [3.8, 4) is 0 Å². The van der Waals surface area contributed by atoms with Gasteiger partial charge in [-0.25, -0.2) is 13.4 Å². The molecule has 1 N–H and O–H groups in total. The highest BCUT2D eigenvalue weighted by atomic mass is 35.5. The third-order valence-corrected chi connectivity index (χ3v) is 7.69. The average Bonchev–Trinajstić information content (AvgIpc) is 3.24. The molecule has 0 saturated heterocycles. The number of sulfone groups is 1. The minimum atomic E-state index is -3.89. The van der Waals surface area contributed by atoms with Crippen LogP contribution in [0.3, 0.4) is 0 Å². The molecule has 140 valence electrons. The number of benzene rings is 1. The van der Waals surface area contributed by atoms with Gasteiger partial charge in [-0.15, -0.1) is 11.3 Å². The molecule has 0 unspecified atom stereocenters. The number of rotatable bonds is 6. The number of carbonyl (C=O) groups is 1. The van der Waals surface area contributed by atoms with Crippen molar-refractivity contribution in [3.63, 3.8) is 0 Å². The Balaban J connectivity index is 1.73. The zero-order valence-corrected chi connectivity index (χ0v) is 16.5. The Hall–Kier alpha value is -2.34. The average molecular weight is 444 g/mol. The van der Waals surface area contributed by atoms with Gasteiger partial charge < -0.3 is 5.32 Å². The maximum absolute atomic E-state index is 12.6. The summed E-state index contributed by atoms with van der Waals surface area (Å²) in [4.78, 5) is 26.7. The summed E-state index contributed by atoms with van der Waals surface area (Å²) < 4.78 is 25.7. The van der Waals surface area contributed by atoms with E-state index in [0.717, 1.165) is 46.7 Å². The molecule has 3 aromatic rings. The van der Waals surface area contributed by atoms with Crippen LogP contribution in [0.5, 0.6) is 0 Å². The molecule has 8 nitrogen and oxygen atoms in total. The highest BCUT2D eigenvalue weighted by Gasteiger charge is 2.22. The third kappa shape index (κ3) is 4.50. The Kier molecular flexibility index (Phi) is 5.56. The SMILES string of the molecule is O=C(Cc1ccc(Cl)s1)Nc1ncc(S(=O)(=O)c2ccc([N+](=O)[O-])cc2)s1. The largest absolute Gasteiger partial charge is 0.302 e. The number of hydrogen-bond acceptors (Lipinski definition) is 8. The van der Waals surface area contributed by atoms with E-state index in [0.29, 0.717) is 4.34 Å². The van der Waals surface area contributed by atoms with Crippen LogP contribution in [-0.4, -0.2) is 24.2 Å². The molecule has 0 radical (unpaired) electrons. The van der Waals surface area contributed by atoms with Gasteiger partial charge in [0.2, 0.25) is 15.7 Å². The number of thiophene rings is 1. The van der Waals surface area contributed by atoms with Gasteiger partial charge in [-0.3, -0.25) is 14.9 Å². The molecule has 0 aliphatic rings. The van der Waals surface area contributed by atoms with Crippen LogP contribution in [-0.2, 0) is 21.1 Å². The zero-order valence-electron chi connectivity index (χ0n) is 13.3. The zero-order chi connectivity index (χ0) is 19.6. The van der Waals surface area contributed by atoms with Crippen LogP contribution in [0.4, 0.5) is 10.8 Å². The van der Waals surface area contributed by atoms with Crippen LogP contribution in [0.25, 0.3) is 0 Å². The first kappa shape index (κ1) is 19.4.